The van der Waals surface area contributed by atoms with Crippen LogP contribution in [0.2, 0.25) is 0 Å². The van der Waals surface area contributed by atoms with Crippen LogP contribution in [0.5, 0.6) is 11.5 Å². The predicted molar refractivity (Wildman–Crippen MR) is 77.0 cm³/mol. The average Bonchev–Trinajstić information content (AvgIpc) is 2.36. The van der Waals surface area contributed by atoms with Gasteiger partial charge in [0.05, 0.1) is 14.2 Å². The third-order valence-corrected chi connectivity index (χ3v) is 3.40. The van der Waals surface area contributed by atoms with E-state index >= 15 is 0 Å². The Labute approximate surface area is 113 Å². The van der Waals surface area contributed by atoms with Crippen LogP contribution in [0.25, 0.3) is 0 Å². The summed E-state index contributed by atoms with van der Waals surface area (Å²) in [6, 6.07) is 5.55. The highest BCUT2D eigenvalue weighted by atomic mass is 16.5. The molecule has 0 spiro atoms. The van der Waals surface area contributed by atoms with Crippen LogP contribution >= 0.6 is 0 Å². The van der Waals surface area contributed by atoms with Gasteiger partial charge in [-0.15, -0.1) is 0 Å². The Hall–Kier alpha value is -1.91. The molecule has 1 aromatic carbocycles. The third kappa shape index (κ3) is 3.53. The van der Waals surface area contributed by atoms with Crippen LogP contribution in [0.4, 0.5) is 5.69 Å². The molecular formula is C14H21N3O2. The van der Waals surface area contributed by atoms with E-state index in [0.29, 0.717) is 23.4 Å². The molecule has 2 rings (SSSR count). The number of nitrogens with two attached hydrogens (primary N) is 1. The van der Waals surface area contributed by atoms with E-state index in [-0.39, 0.29) is 0 Å². The summed E-state index contributed by atoms with van der Waals surface area (Å²) in [6.07, 6.45) is 3.86. The second kappa shape index (κ2) is 6.31. The van der Waals surface area contributed by atoms with Gasteiger partial charge in [-0.2, -0.15) is 0 Å². The predicted octanol–water partition coefficient (Wildman–Crippen LogP) is 2.23. The van der Waals surface area contributed by atoms with Crippen molar-refractivity contribution in [3.8, 4) is 11.5 Å². The summed E-state index contributed by atoms with van der Waals surface area (Å²) in [6.45, 7) is 0.812. The Morgan fingerprint density at radius 2 is 2.05 bits per heavy atom. The van der Waals surface area contributed by atoms with Gasteiger partial charge >= 0.3 is 0 Å². The van der Waals surface area contributed by atoms with E-state index in [1.807, 2.05) is 18.2 Å². The lowest BCUT2D eigenvalue weighted by molar-refractivity contribution is 0.326. The highest BCUT2D eigenvalue weighted by Crippen LogP contribution is 2.29. The molecule has 0 amide bonds. The first-order valence-corrected chi connectivity index (χ1v) is 6.52. The maximum Gasteiger partial charge on any atom is 0.193 e. The van der Waals surface area contributed by atoms with Crippen LogP contribution in [0.1, 0.15) is 19.3 Å². The molecule has 0 aliphatic heterocycles. The van der Waals surface area contributed by atoms with E-state index in [9.17, 15) is 0 Å². The smallest absolute Gasteiger partial charge is 0.193 e. The van der Waals surface area contributed by atoms with E-state index in [2.05, 4.69) is 10.3 Å². The number of aliphatic imine (C=N–C) groups is 1. The number of hydrogen-bond donors (Lipinski definition) is 2. The molecule has 1 fully saturated rings. The summed E-state index contributed by atoms with van der Waals surface area (Å²) in [5, 5.41) is 3.06. The van der Waals surface area contributed by atoms with Crippen molar-refractivity contribution in [2.45, 2.75) is 19.3 Å². The molecule has 1 aliphatic carbocycles. The molecule has 1 aromatic rings. The molecule has 0 radical (unpaired) electrons. The lowest BCUT2D eigenvalue weighted by Gasteiger charge is -2.23. The van der Waals surface area contributed by atoms with Crippen molar-refractivity contribution in [3.05, 3.63) is 18.2 Å². The molecular weight excluding hydrogens is 242 g/mol. The maximum absolute atomic E-state index is 5.86. The van der Waals surface area contributed by atoms with Gasteiger partial charge < -0.3 is 20.5 Å². The topological polar surface area (TPSA) is 68.9 Å². The lowest BCUT2D eigenvalue weighted by Crippen LogP contribution is -2.25. The second-order valence-electron chi connectivity index (χ2n) is 4.72. The summed E-state index contributed by atoms with van der Waals surface area (Å²) in [5.74, 6) is 2.52. The SMILES string of the molecule is COc1ccc(NC(N)=NCC2CCC2)cc1OC. The summed E-state index contributed by atoms with van der Waals surface area (Å²) < 4.78 is 10.4. The number of nitrogens with zero attached hydrogens (tertiary/aromatic N) is 1. The normalized spacial score (nSPS) is 15.8. The molecule has 0 aromatic heterocycles. The first-order valence-electron chi connectivity index (χ1n) is 6.52. The van der Waals surface area contributed by atoms with Gasteiger partial charge in [0.1, 0.15) is 0 Å². The second-order valence-corrected chi connectivity index (χ2v) is 4.72. The van der Waals surface area contributed by atoms with Gasteiger partial charge in [-0.1, -0.05) is 6.42 Å². The van der Waals surface area contributed by atoms with Crippen molar-refractivity contribution in [1.82, 2.24) is 0 Å². The van der Waals surface area contributed by atoms with Crippen LogP contribution in [0, 0.1) is 5.92 Å². The minimum atomic E-state index is 0.444. The largest absolute Gasteiger partial charge is 0.493 e. The number of methoxy groups -OCH3 is 2. The molecule has 1 aliphatic rings. The van der Waals surface area contributed by atoms with Gasteiger partial charge in [0.2, 0.25) is 0 Å². The number of anilines is 1. The molecule has 0 bridgehead atoms. The quantitative estimate of drug-likeness (QED) is 0.631. The number of hydrogen-bond acceptors (Lipinski definition) is 3. The zero-order valence-electron chi connectivity index (χ0n) is 11.5. The van der Waals surface area contributed by atoms with Gasteiger partial charge in [0.15, 0.2) is 17.5 Å². The zero-order valence-corrected chi connectivity index (χ0v) is 11.5. The minimum absolute atomic E-state index is 0.444. The third-order valence-electron chi connectivity index (χ3n) is 3.40. The molecule has 5 heteroatoms. The molecule has 104 valence electrons. The fourth-order valence-electron chi connectivity index (χ4n) is 2.00. The number of benzene rings is 1. The molecule has 0 atom stereocenters. The van der Waals surface area contributed by atoms with Gasteiger partial charge in [-0.25, -0.2) is 0 Å². The van der Waals surface area contributed by atoms with Gasteiger partial charge in [0.25, 0.3) is 0 Å². The Kier molecular flexibility index (Phi) is 4.49. The van der Waals surface area contributed by atoms with Crippen LogP contribution in [-0.2, 0) is 0 Å². The molecule has 5 nitrogen and oxygen atoms in total. The van der Waals surface area contributed by atoms with E-state index in [4.69, 9.17) is 15.2 Å². The lowest BCUT2D eigenvalue weighted by atomic mass is 9.86. The fraction of sp³-hybridized carbons (Fsp3) is 0.500. The Balaban J connectivity index is 1.97. The van der Waals surface area contributed by atoms with E-state index in [1.165, 1.54) is 19.3 Å². The van der Waals surface area contributed by atoms with E-state index in [0.717, 1.165) is 12.2 Å². The molecule has 3 N–H and O–H groups in total. The summed E-state index contributed by atoms with van der Waals surface area (Å²) in [7, 11) is 3.22. The zero-order chi connectivity index (χ0) is 13.7. The maximum atomic E-state index is 5.86. The van der Waals surface area contributed by atoms with Crippen molar-refractivity contribution >= 4 is 11.6 Å². The molecule has 1 saturated carbocycles. The number of ether oxygens (including phenoxy) is 2. The Morgan fingerprint density at radius 3 is 2.63 bits per heavy atom. The standard InChI is InChI=1S/C14H21N3O2/c1-18-12-7-6-11(8-13(12)19-2)17-14(15)16-9-10-4-3-5-10/h6-8,10H,3-5,9H2,1-2H3,(H3,15,16,17). The highest BCUT2D eigenvalue weighted by Gasteiger charge is 2.16. The Bertz CT molecular complexity index is 456. The summed E-state index contributed by atoms with van der Waals surface area (Å²) >= 11 is 0. The first kappa shape index (κ1) is 13.5. The molecule has 0 unspecified atom stereocenters. The van der Waals surface area contributed by atoms with Gasteiger partial charge in [-0.3, -0.25) is 4.99 Å². The number of rotatable bonds is 5. The monoisotopic (exact) mass is 263 g/mol. The van der Waals surface area contributed by atoms with Crippen molar-refractivity contribution in [3.63, 3.8) is 0 Å². The summed E-state index contributed by atoms with van der Waals surface area (Å²) in [5.41, 5.74) is 6.70. The molecule has 0 heterocycles. The van der Waals surface area contributed by atoms with E-state index in [1.54, 1.807) is 14.2 Å². The van der Waals surface area contributed by atoms with Crippen molar-refractivity contribution in [2.75, 3.05) is 26.1 Å². The number of guanidine groups is 1. The van der Waals surface area contributed by atoms with Crippen molar-refractivity contribution in [1.29, 1.82) is 0 Å². The molecule has 0 saturated heterocycles. The van der Waals surface area contributed by atoms with Gasteiger partial charge in [-0.05, 0) is 30.9 Å². The van der Waals surface area contributed by atoms with Crippen LogP contribution in [0.15, 0.2) is 23.2 Å². The minimum Gasteiger partial charge on any atom is -0.493 e. The fourth-order valence-corrected chi connectivity index (χ4v) is 2.00. The number of nitrogens with one attached hydrogen (secondary N) is 1. The average molecular weight is 263 g/mol. The first-order chi connectivity index (χ1) is 9.22. The van der Waals surface area contributed by atoms with Crippen LogP contribution in [-0.4, -0.2) is 26.7 Å². The van der Waals surface area contributed by atoms with Crippen molar-refractivity contribution in [2.24, 2.45) is 16.6 Å². The highest BCUT2D eigenvalue weighted by molar-refractivity contribution is 5.92. The van der Waals surface area contributed by atoms with Gasteiger partial charge in [0, 0.05) is 18.3 Å². The van der Waals surface area contributed by atoms with E-state index < -0.39 is 0 Å². The summed E-state index contributed by atoms with van der Waals surface area (Å²) in [4.78, 5) is 4.35. The van der Waals surface area contributed by atoms with Crippen LogP contribution in [0.3, 0.4) is 0 Å². The van der Waals surface area contributed by atoms with Crippen LogP contribution < -0.4 is 20.5 Å². The molecule has 19 heavy (non-hydrogen) atoms. The Morgan fingerprint density at radius 1 is 1.32 bits per heavy atom. The van der Waals surface area contributed by atoms with Crippen molar-refractivity contribution < 1.29 is 9.47 Å².